The second-order valence-corrected chi connectivity index (χ2v) is 7.61. The number of aromatic nitrogens is 1. The zero-order valence-corrected chi connectivity index (χ0v) is 16.8. The van der Waals surface area contributed by atoms with Crippen molar-refractivity contribution in [2.45, 2.75) is 18.9 Å². The Labute approximate surface area is 179 Å². The van der Waals surface area contributed by atoms with E-state index in [2.05, 4.69) is 25.5 Å². The molecule has 1 aromatic heterocycles. The van der Waals surface area contributed by atoms with E-state index in [1.807, 2.05) is 36.5 Å². The molecule has 1 saturated heterocycles. The van der Waals surface area contributed by atoms with Gasteiger partial charge in [-0.15, -0.1) is 0 Å². The van der Waals surface area contributed by atoms with E-state index in [-0.39, 0.29) is 29.6 Å². The fourth-order valence-corrected chi connectivity index (χ4v) is 4.06. The fourth-order valence-electron chi connectivity index (χ4n) is 4.06. The predicted molar refractivity (Wildman–Crippen MR) is 118 cm³/mol. The van der Waals surface area contributed by atoms with Crippen LogP contribution in [0.25, 0.3) is 0 Å². The number of nitrogens with one attached hydrogen (secondary N) is 2. The smallest absolute Gasteiger partial charge is 0.211 e. The number of piperidine rings is 1. The first-order chi connectivity index (χ1) is 15.0. The lowest BCUT2D eigenvalue weighted by molar-refractivity contribution is 0.203. The number of anilines is 4. The van der Waals surface area contributed by atoms with E-state index >= 15 is 0 Å². The molecule has 158 valence electrons. The van der Waals surface area contributed by atoms with E-state index in [4.69, 9.17) is 16.7 Å². The largest absolute Gasteiger partial charge is 0.397 e. The molecule has 0 radical (unpaired) electrons. The number of nitriles is 2. The summed E-state index contributed by atoms with van der Waals surface area (Å²) < 4.78 is 0. The summed E-state index contributed by atoms with van der Waals surface area (Å²) in [5.74, 6) is 0.984. The second-order valence-electron chi connectivity index (χ2n) is 7.61. The quantitative estimate of drug-likeness (QED) is 0.364. The molecule has 10 heteroatoms. The molecule has 0 spiro atoms. The monoisotopic (exact) mass is 417 g/mol. The second kappa shape index (κ2) is 8.38. The van der Waals surface area contributed by atoms with Gasteiger partial charge in [-0.05, 0) is 36.5 Å². The number of rotatable bonds is 3. The Bertz CT molecular complexity index is 1090. The number of nitrogens with zero attached hydrogens (tertiary/aromatic N) is 5. The molecule has 0 bridgehead atoms. The average Bonchev–Trinajstić information content (AvgIpc) is 2.79. The van der Waals surface area contributed by atoms with Crippen LogP contribution in [0, 0.1) is 28.7 Å². The van der Waals surface area contributed by atoms with E-state index in [1.54, 1.807) is 0 Å². The van der Waals surface area contributed by atoms with Crippen LogP contribution in [0.2, 0.25) is 0 Å². The summed E-state index contributed by atoms with van der Waals surface area (Å²) in [6.45, 7) is 2.04. The molecule has 0 aliphatic carbocycles. The van der Waals surface area contributed by atoms with Gasteiger partial charge in [-0.2, -0.15) is 10.5 Å². The van der Waals surface area contributed by atoms with Gasteiger partial charge in [0.15, 0.2) is 6.19 Å². The SMILES string of the molecule is N#CNC1=NC(c2ccc(N3CCC(CO)CC3)cc2)c2c(nc(N)c(C#N)c2N)N1. The molecule has 4 rings (SSSR count). The van der Waals surface area contributed by atoms with Crippen molar-refractivity contribution in [2.75, 3.05) is 41.4 Å². The van der Waals surface area contributed by atoms with Gasteiger partial charge in [0.2, 0.25) is 5.96 Å². The lowest BCUT2D eigenvalue weighted by atomic mass is 9.94. The van der Waals surface area contributed by atoms with Crippen molar-refractivity contribution in [3.63, 3.8) is 0 Å². The third-order valence-electron chi connectivity index (χ3n) is 5.80. The van der Waals surface area contributed by atoms with Crippen LogP contribution in [0.15, 0.2) is 29.3 Å². The summed E-state index contributed by atoms with van der Waals surface area (Å²) >= 11 is 0. The minimum absolute atomic E-state index is 0.0184. The summed E-state index contributed by atoms with van der Waals surface area (Å²) in [6.07, 6.45) is 3.77. The number of benzene rings is 1. The van der Waals surface area contributed by atoms with Gasteiger partial charge < -0.3 is 26.8 Å². The van der Waals surface area contributed by atoms with Gasteiger partial charge in [0.25, 0.3) is 0 Å². The zero-order valence-electron chi connectivity index (χ0n) is 16.8. The molecule has 7 N–H and O–H groups in total. The lowest BCUT2D eigenvalue weighted by Crippen LogP contribution is -2.34. The van der Waals surface area contributed by atoms with Crippen molar-refractivity contribution in [3.8, 4) is 12.3 Å². The van der Waals surface area contributed by atoms with Gasteiger partial charge in [0.05, 0.1) is 5.69 Å². The normalized spacial score (nSPS) is 18.2. The number of hydrogen-bond donors (Lipinski definition) is 5. The number of fused-ring (bicyclic) bond motifs is 1. The Morgan fingerprint density at radius 2 is 1.90 bits per heavy atom. The van der Waals surface area contributed by atoms with Crippen molar-refractivity contribution in [1.82, 2.24) is 10.3 Å². The van der Waals surface area contributed by atoms with E-state index in [9.17, 15) is 10.4 Å². The van der Waals surface area contributed by atoms with Crippen LogP contribution in [0.1, 0.15) is 35.6 Å². The summed E-state index contributed by atoms with van der Waals surface area (Å²) in [5.41, 5.74) is 15.0. The maximum Gasteiger partial charge on any atom is 0.211 e. The molecular formula is C21H23N9O. The van der Waals surface area contributed by atoms with Crippen molar-refractivity contribution in [1.29, 1.82) is 10.5 Å². The average molecular weight is 417 g/mol. The number of hydrogen-bond acceptors (Lipinski definition) is 10. The summed E-state index contributed by atoms with van der Waals surface area (Å²) in [6, 6.07) is 9.42. The molecular weight excluding hydrogens is 394 g/mol. The lowest BCUT2D eigenvalue weighted by Gasteiger charge is -2.33. The third kappa shape index (κ3) is 3.77. The van der Waals surface area contributed by atoms with Gasteiger partial charge in [-0.3, -0.25) is 5.32 Å². The molecule has 31 heavy (non-hydrogen) atoms. The molecule has 1 atom stereocenters. The van der Waals surface area contributed by atoms with Crippen LogP contribution in [-0.2, 0) is 0 Å². The van der Waals surface area contributed by atoms with Crippen molar-refractivity contribution in [2.24, 2.45) is 10.9 Å². The van der Waals surface area contributed by atoms with Gasteiger partial charge in [0.1, 0.15) is 29.3 Å². The first-order valence-electron chi connectivity index (χ1n) is 10.00. The minimum Gasteiger partial charge on any atom is -0.397 e. The number of aliphatic hydroxyl groups excluding tert-OH is 1. The van der Waals surface area contributed by atoms with Gasteiger partial charge in [0, 0.05) is 30.9 Å². The molecule has 1 unspecified atom stereocenters. The van der Waals surface area contributed by atoms with E-state index < -0.39 is 6.04 Å². The number of aliphatic imine (C=N–C) groups is 1. The minimum atomic E-state index is -0.554. The molecule has 0 saturated carbocycles. The van der Waals surface area contributed by atoms with Crippen molar-refractivity contribution in [3.05, 3.63) is 41.0 Å². The summed E-state index contributed by atoms with van der Waals surface area (Å²) in [7, 11) is 0. The first kappa shape index (κ1) is 20.3. The standard InChI is InChI=1S/C21H23N9O/c22-9-15-17(24)16-18(27-21(26-11-23)29-20(16)28-19(15)25)13-1-3-14(4-2-13)30-7-5-12(10-31)6-8-30/h1-4,12,18,31H,5-8,10H2,(H6,24,25,26,27,28,29). The highest BCUT2D eigenvalue weighted by Crippen LogP contribution is 2.40. The third-order valence-corrected chi connectivity index (χ3v) is 5.80. The van der Waals surface area contributed by atoms with Gasteiger partial charge in [-0.1, -0.05) is 12.1 Å². The topological polar surface area (TPSA) is 172 Å². The van der Waals surface area contributed by atoms with Crippen LogP contribution >= 0.6 is 0 Å². The Hall–Kier alpha value is -4.02. The summed E-state index contributed by atoms with van der Waals surface area (Å²) in [5, 5.41) is 33.2. The summed E-state index contributed by atoms with van der Waals surface area (Å²) in [4.78, 5) is 11.1. The predicted octanol–water partition coefficient (Wildman–Crippen LogP) is 1.27. The number of aliphatic hydroxyl groups is 1. The van der Waals surface area contributed by atoms with E-state index in [0.29, 0.717) is 17.3 Å². The Morgan fingerprint density at radius 3 is 2.52 bits per heavy atom. The molecule has 0 amide bonds. The zero-order chi connectivity index (χ0) is 22.0. The molecule has 2 aromatic rings. The molecule has 2 aliphatic heterocycles. The highest BCUT2D eigenvalue weighted by atomic mass is 16.3. The molecule has 1 aromatic carbocycles. The van der Waals surface area contributed by atoms with Crippen molar-refractivity contribution < 1.29 is 5.11 Å². The van der Waals surface area contributed by atoms with Crippen LogP contribution < -0.4 is 27.0 Å². The van der Waals surface area contributed by atoms with Crippen LogP contribution in [0.4, 0.5) is 23.0 Å². The van der Waals surface area contributed by atoms with Gasteiger partial charge in [-0.25, -0.2) is 9.98 Å². The Morgan fingerprint density at radius 1 is 1.19 bits per heavy atom. The highest BCUT2D eigenvalue weighted by molar-refractivity contribution is 5.98. The van der Waals surface area contributed by atoms with Gasteiger partial charge >= 0.3 is 0 Å². The maximum absolute atomic E-state index is 9.43. The highest BCUT2D eigenvalue weighted by Gasteiger charge is 2.29. The van der Waals surface area contributed by atoms with Crippen LogP contribution in [0.3, 0.4) is 0 Å². The van der Waals surface area contributed by atoms with Crippen molar-refractivity contribution >= 4 is 29.0 Å². The van der Waals surface area contributed by atoms with Crippen LogP contribution in [0.5, 0.6) is 0 Å². The van der Waals surface area contributed by atoms with E-state index in [0.717, 1.165) is 37.2 Å². The van der Waals surface area contributed by atoms with Crippen LogP contribution in [-0.4, -0.2) is 35.7 Å². The number of guanidine groups is 1. The molecule has 10 nitrogen and oxygen atoms in total. The molecule has 1 fully saturated rings. The number of nitrogens with two attached hydrogens (primary N) is 2. The Balaban J connectivity index is 1.69. The number of pyridine rings is 1. The number of nitrogen functional groups attached to an aromatic ring is 2. The molecule has 3 heterocycles. The fraction of sp³-hybridized carbons (Fsp3) is 0.333. The maximum atomic E-state index is 9.43. The molecule has 2 aliphatic rings. The Kier molecular flexibility index (Phi) is 5.48. The van der Waals surface area contributed by atoms with E-state index in [1.165, 1.54) is 0 Å². The first-order valence-corrected chi connectivity index (χ1v) is 10.00.